The lowest BCUT2D eigenvalue weighted by Gasteiger charge is -2.05. The zero-order valence-electron chi connectivity index (χ0n) is 13.9. The van der Waals surface area contributed by atoms with Gasteiger partial charge in [0.25, 0.3) is 0 Å². The molecule has 0 spiro atoms. The molecule has 0 aliphatic heterocycles. The first-order valence-corrected chi connectivity index (χ1v) is 8.21. The highest BCUT2D eigenvalue weighted by Crippen LogP contribution is 2.22. The summed E-state index contributed by atoms with van der Waals surface area (Å²) in [6, 6.07) is 14.1. The van der Waals surface area contributed by atoms with Crippen LogP contribution >= 0.6 is 0 Å². The largest absolute Gasteiger partial charge is 0.380 e. The number of rotatable bonds is 8. The Balaban J connectivity index is 1.83. The summed E-state index contributed by atoms with van der Waals surface area (Å²) in [5.74, 6) is 0. The molecule has 0 bridgehead atoms. The highest BCUT2D eigenvalue weighted by molar-refractivity contribution is 5.62. The van der Waals surface area contributed by atoms with Crippen molar-refractivity contribution < 1.29 is 4.74 Å². The van der Waals surface area contributed by atoms with E-state index in [4.69, 9.17) is 9.84 Å². The van der Waals surface area contributed by atoms with Crippen LogP contribution in [-0.4, -0.2) is 34.5 Å². The zero-order valence-corrected chi connectivity index (χ0v) is 13.9. The van der Waals surface area contributed by atoms with E-state index in [-0.39, 0.29) is 0 Å². The maximum atomic E-state index is 5.37. The third-order valence-electron chi connectivity index (χ3n) is 3.69. The number of ether oxygens (including phenoxy) is 1. The van der Waals surface area contributed by atoms with E-state index < -0.39 is 0 Å². The predicted octanol–water partition coefficient (Wildman–Crippen LogP) is 3.06. The van der Waals surface area contributed by atoms with Gasteiger partial charge in [0.2, 0.25) is 0 Å². The third-order valence-corrected chi connectivity index (χ3v) is 3.69. The molecule has 3 aromatic rings. The lowest BCUT2D eigenvalue weighted by molar-refractivity contribution is 0.149. The van der Waals surface area contributed by atoms with Gasteiger partial charge in [-0.2, -0.15) is 5.10 Å². The quantitative estimate of drug-likeness (QED) is 0.648. The predicted molar refractivity (Wildman–Crippen MR) is 95.0 cm³/mol. The number of hydrogen-bond donors (Lipinski definition) is 1. The van der Waals surface area contributed by atoms with Gasteiger partial charge in [-0.15, -0.1) is 0 Å². The van der Waals surface area contributed by atoms with Crippen LogP contribution in [0.5, 0.6) is 0 Å². The molecule has 3 rings (SSSR count). The Kier molecular flexibility index (Phi) is 5.71. The van der Waals surface area contributed by atoms with Gasteiger partial charge >= 0.3 is 0 Å². The van der Waals surface area contributed by atoms with Crippen LogP contribution < -0.4 is 5.32 Å². The van der Waals surface area contributed by atoms with E-state index in [9.17, 15) is 0 Å². The highest BCUT2D eigenvalue weighted by Gasteiger charge is 2.12. The van der Waals surface area contributed by atoms with E-state index in [2.05, 4.69) is 16.5 Å². The summed E-state index contributed by atoms with van der Waals surface area (Å²) in [5, 5.41) is 8.18. The number of hydrogen-bond acceptors (Lipinski definition) is 4. The van der Waals surface area contributed by atoms with Gasteiger partial charge in [0.05, 0.1) is 18.0 Å². The van der Waals surface area contributed by atoms with E-state index >= 15 is 0 Å². The first kappa shape index (κ1) is 16.4. The average Bonchev–Trinajstić information content (AvgIpc) is 3.07. The molecule has 0 saturated heterocycles. The summed E-state index contributed by atoms with van der Waals surface area (Å²) < 4.78 is 7.29. The fraction of sp³-hybridized carbons (Fsp3) is 0.263. The Morgan fingerprint density at radius 2 is 2.00 bits per heavy atom. The second-order valence-electron chi connectivity index (χ2n) is 5.40. The van der Waals surface area contributed by atoms with Crippen molar-refractivity contribution in [3.8, 4) is 16.9 Å². The van der Waals surface area contributed by atoms with Crippen molar-refractivity contribution in [2.75, 3.05) is 19.8 Å². The third kappa shape index (κ3) is 4.07. The minimum atomic E-state index is 0.714. The van der Waals surface area contributed by atoms with Crippen LogP contribution in [0.25, 0.3) is 16.9 Å². The van der Waals surface area contributed by atoms with Crippen molar-refractivity contribution in [3.05, 3.63) is 66.6 Å². The number of nitrogens with one attached hydrogen (secondary N) is 1. The Bertz CT molecular complexity index is 741. The molecular weight excluding hydrogens is 300 g/mol. The van der Waals surface area contributed by atoms with Crippen molar-refractivity contribution in [1.29, 1.82) is 0 Å². The number of benzene rings is 1. The second kappa shape index (κ2) is 8.38. The van der Waals surface area contributed by atoms with E-state index in [0.717, 1.165) is 42.2 Å². The van der Waals surface area contributed by atoms with Gasteiger partial charge in [0, 0.05) is 49.4 Å². The molecule has 0 aliphatic rings. The average molecular weight is 322 g/mol. The number of nitrogens with zero attached hydrogens (tertiary/aromatic N) is 3. The Morgan fingerprint density at radius 1 is 1.12 bits per heavy atom. The van der Waals surface area contributed by atoms with E-state index in [1.807, 2.05) is 60.3 Å². The minimum Gasteiger partial charge on any atom is -0.380 e. The summed E-state index contributed by atoms with van der Waals surface area (Å²) in [6.07, 6.45) is 5.70. The molecule has 0 radical (unpaired) electrons. The molecule has 1 aromatic carbocycles. The van der Waals surface area contributed by atoms with Crippen LogP contribution in [0.4, 0.5) is 0 Å². The van der Waals surface area contributed by atoms with E-state index in [1.54, 1.807) is 6.20 Å². The molecule has 1 N–H and O–H groups in total. The second-order valence-corrected chi connectivity index (χ2v) is 5.40. The summed E-state index contributed by atoms with van der Waals surface area (Å²) in [5.41, 5.74) is 4.16. The molecule has 0 fully saturated rings. The molecule has 2 heterocycles. The molecule has 124 valence electrons. The van der Waals surface area contributed by atoms with Crippen LogP contribution in [0.15, 0.2) is 61.1 Å². The summed E-state index contributed by atoms with van der Waals surface area (Å²) in [7, 11) is 0. The van der Waals surface area contributed by atoms with Gasteiger partial charge in [0.1, 0.15) is 0 Å². The van der Waals surface area contributed by atoms with Gasteiger partial charge in [0.15, 0.2) is 0 Å². The Morgan fingerprint density at radius 3 is 2.75 bits per heavy atom. The number of para-hydroxylation sites is 1. The molecule has 24 heavy (non-hydrogen) atoms. The molecule has 5 nitrogen and oxygen atoms in total. The number of pyridine rings is 1. The smallest absolute Gasteiger partial charge is 0.0988 e. The monoisotopic (exact) mass is 322 g/mol. The topological polar surface area (TPSA) is 52.0 Å². The van der Waals surface area contributed by atoms with Gasteiger partial charge in [-0.25, -0.2) is 4.68 Å². The van der Waals surface area contributed by atoms with Crippen molar-refractivity contribution in [3.63, 3.8) is 0 Å². The maximum Gasteiger partial charge on any atom is 0.0988 e. The first-order chi connectivity index (χ1) is 11.9. The molecule has 5 heteroatoms. The van der Waals surface area contributed by atoms with Crippen LogP contribution in [0, 0.1) is 0 Å². The van der Waals surface area contributed by atoms with Crippen LogP contribution in [0.3, 0.4) is 0 Å². The normalized spacial score (nSPS) is 10.9. The van der Waals surface area contributed by atoms with Crippen molar-refractivity contribution in [1.82, 2.24) is 20.1 Å². The van der Waals surface area contributed by atoms with Crippen LogP contribution in [0.2, 0.25) is 0 Å². The Labute approximate surface area is 142 Å². The van der Waals surface area contributed by atoms with Gasteiger partial charge in [-0.3, -0.25) is 4.98 Å². The standard InChI is InChI=1S/C19H22N4O/c1-2-24-12-11-21-14-17-15-23(18-8-4-3-5-9-18)22-19(17)16-7-6-10-20-13-16/h3-10,13,15,21H,2,11-12,14H2,1H3. The molecule has 0 aliphatic carbocycles. The highest BCUT2D eigenvalue weighted by atomic mass is 16.5. The van der Waals surface area contributed by atoms with Crippen LogP contribution in [0.1, 0.15) is 12.5 Å². The fourth-order valence-corrected chi connectivity index (χ4v) is 2.51. The number of aromatic nitrogens is 3. The van der Waals surface area contributed by atoms with E-state index in [1.165, 1.54) is 0 Å². The maximum absolute atomic E-state index is 5.37. The molecule has 0 unspecified atom stereocenters. The summed E-state index contributed by atoms with van der Waals surface area (Å²) in [6.45, 7) is 5.02. The minimum absolute atomic E-state index is 0.714. The lowest BCUT2D eigenvalue weighted by atomic mass is 10.1. The summed E-state index contributed by atoms with van der Waals surface area (Å²) in [4.78, 5) is 4.22. The molecule has 2 aromatic heterocycles. The van der Waals surface area contributed by atoms with Crippen molar-refractivity contribution in [2.45, 2.75) is 13.5 Å². The summed E-state index contributed by atoms with van der Waals surface area (Å²) >= 11 is 0. The first-order valence-electron chi connectivity index (χ1n) is 8.21. The zero-order chi connectivity index (χ0) is 16.6. The molecular formula is C19H22N4O. The van der Waals surface area contributed by atoms with Gasteiger partial charge in [-0.05, 0) is 31.2 Å². The van der Waals surface area contributed by atoms with E-state index in [0.29, 0.717) is 6.61 Å². The molecule has 0 amide bonds. The van der Waals surface area contributed by atoms with Gasteiger partial charge in [-0.1, -0.05) is 18.2 Å². The van der Waals surface area contributed by atoms with Crippen molar-refractivity contribution in [2.24, 2.45) is 0 Å². The van der Waals surface area contributed by atoms with Crippen LogP contribution in [-0.2, 0) is 11.3 Å². The SMILES string of the molecule is CCOCCNCc1cn(-c2ccccc2)nc1-c1cccnc1. The fourth-order valence-electron chi connectivity index (χ4n) is 2.51. The Hall–Kier alpha value is -2.50. The van der Waals surface area contributed by atoms with Gasteiger partial charge < -0.3 is 10.1 Å². The lowest BCUT2D eigenvalue weighted by Crippen LogP contribution is -2.19. The van der Waals surface area contributed by atoms with Crippen molar-refractivity contribution >= 4 is 0 Å². The molecule has 0 saturated carbocycles. The molecule has 0 atom stereocenters.